The fourth-order valence-corrected chi connectivity index (χ4v) is 4.03. The number of ether oxygens (including phenoxy) is 2. The van der Waals surface area contributed by atoms with Crippen molar-refractivity contribution in [3.8, 4) is 0 Å². The van der Waals surface area contributed by atoms with Crippen LogP contribution in [0.3, 0.4) is 0 Å². The van der Waals surface area contributed by atoms with Crippen LogP contribution in [0.1, 0.15) is 56.7 Å². The van der Waals surface area contributed by atoms with E-state index in [2.05, 4.69) is 32.2 Å². The molecule has 1 saturated heterocycles. The van der Waals surface area contributed by atoms with Crippen molar-refractivity contribution >= 4 is 5.96 Å². The third-order valence-corrected chi connectivity index (χ3v) is 5.59. The summed E-state index contributed by atoms with van der Waals surface area (Å²) in [6.07, 6.45) is 10.7. The molecule has 3 rings (SSSR count). The maximum Gasteiger partial charge on any atom is 0.193 e. The van der Waals surface area contributed by atoms with Gasteiger partial charge in [0, 0.05) is 46.7 Å². The van der Waals surface area contributed by atoms with Gasteiger partial charge in [0.05, 0.1) is 24.4 Å². The zero-order chi connectivity index (χ0) is 18.9. The molecule has 1 aliphatic heterocycles. The number of hydrogen-bond donors (Lipinski definition) is 1. The molecule has 0 spiro atoms. The van der Waals surface area contributed by atoms with Crippen LogP contribution in [0.4, 0.5) is 0 Å². The van der Waals surface area contributed by atoms with E-state index in [-0.39, 0.29) is 0 Å². The number of likely N-dealkylation sites (tertiary alicyclic amines) is 1. The van der Waals surface area contributed by atoms with E-state index in [1.807, 2.05) is 7.05 Å². The van der Waals surface area contributed by atoms with Crippen LogP contribution < -0.4 is 5.32 Å². The Morgan fingerprint density at radius 3 is 2.70 bits per heavy atom. The molecule has 27 heavy (non-hydrogen) atoms. The van der Waals surface area contributed by atoms with Gasteiger partial charge >= 0.3 is 0 Å². The summed E-state index contributed by atoms with van der Waals surface area (Å²) in [7, 11) is 3.59. The van der Waals surface area contributed by atoms with Gasteiger partial charge in [0.1, 0.15) is 0 Å². The van der Waals surface area contributed by atoms with Crippen LogP contribution in [0.5, 0.6) is 0 Å². The minimum atomic E-state index is 0.360. The average molecular weight is 378 g/mol. The Labute approximate surface area is 163 Å². The smallest absolute Gasteiger partial charge is 0.193 e. The summed E-state index contributed by atoms with van der Waals surface area (Å²) in [5, 5.41) is 8.23. The van der Waals surface area contributed by atoms with Gasteiger partial charge in [0.15, 0.2) is 5.96 Å². The fraction of sp³-hybridized carbons (Fsp3) is 0.800. The molecular formula is C20H35N5O2. The molecule has 7 heteroatoms. The first-order valence-electron chi connectivity index (χ1n) is 10.4. The second-order valence-electron chi connectivity index (χ2n) is 7.53. The largest absolute Gasteiger partial charge is 0.385 e. The first-order valence-corrected chi connectivity index (χ1v) is 10.4. The molecule has 7 nitrogen and oxygen atoms in total. The van der Waals surface area contributed by atoms with Crippen molar-refractivity contribution in [2.75, 3.05) is 40.5 Å². The highest BCUT2D eigenvalue weighted by atomic mass is 16.5. The van der Waals surface area contributed by atoms with E-state index < -0.39 is 0 Å². The Balaban J connectivity index is 1.39. The lowest BCUT2D eigenvalue weighted by Gasteiger charge is -2.34. The van der Waals surface area contributed by atoms with Crippen LogP contribution in [-0.2, 0) is 16.0 Å². The van der Waals surface area contributed by atoms with Gasteiger partial charge in [-0.1, -0.05) is 12.8 Å². The van der Waals surface area contributed by atoms with Crippen LogP contribution in [0, 0.1) is 0 Å². The summed E-state index contributed by atoms with van der Waals surface area (Å²) in [5.41, 5.74) is 1.08. The van der Waals surface area contributed by atoms with E-state index in [1.54, 1.807) is 7.11 Å². The van der Waals surface area contributed by atoms with Gasteiger partial charge < -0.3 is 19.7 Å². The number of nitrogens with zero attached hydrogens (tertiary/aromatic N) is 4. The van der Waals surface area contributed by atoms with Crippen molar-refractivity contribution < 1.29 is 9.47 Å². The molecular weight excluding hydrogens is 342 g/mol. The fourth-order valence-electron chi connectivity index (χ4n) is 4.03. The standard InChI is InChI=1S/C20H35N5O2/c1-21-20(24-11-9-19(10-12-24)27-15-5-14-26-2)22-16-17-8-13-25(23-17)18-6-3-4-7-18/h8,13,18-19H,3-7,9-12,14-16H2,1-2H3,(H,21,22). The number of piperidine rings is 1. The van der Waals surface area contributed by atoms with E-state index >= 15 is 0 Å². The molecule has 2 fully saturated rings. The topological polar surface area (TPSA) is 63.9 Å². The van der Waals surface area contributed by atoms with Gasteiger partial charge in [-0.15, -0.1) is 0 Å². The van der Waals surface area contributed by atoms with Gasteiger partial charge in [-0.3, -0.25) is 9.67 Å². The molecule has 0 bridgehead atoms. The quantitative estimate of drug-likeness (QED) is 0.429. The Kier molecular flexibility index (Phi) is 7.95. The van der Waals surface area contributed by atoms with Crippen LogP contribution in [0.15, 0.2) is 17.3 Å². The van der Waals surface area contributed by atoms with Crippen molar-refractivity contribution in [2.45, 2.75) is 63.6 Å². The molecule has 0 aromatic carbocycles. The lowest BCUT2D eigenvalue weighted by Crippen LogP contribution is -2.46. The molecule has 0 unspecified atom stereocenters. The normalized spacial score (nSPS) is 19.8. The van der Waals surface area contributed by atoms with E-state index in [1.165, 1.54) is 25.7 Å². The minimum Gasteiger partial charge on any atom is -0.385 e. The van der Waals surface area contributed by atoms with Crippen LogP contribution in [-0.4, -0.2) is 67.2 Å². The molecule has 1 aromatic heterocycles. The molecule has 1 aliphatic carbocycles. The molecule has 1 aromatic rings. The van der Waals surface area contributed by atoms with Crippen LogP contribution in [0.2, 0.25) is 0 Å². The summed E-state index contributed by atoms with van der Waals surface area (Å²) < 4.78 is 13.2. The highest BCUT2D eigenvalue weighted by molar-refractivity contribution is 5.79. The van der Waals surface area contributed by atoms with Crippen molar-refractivity contribution in [3.63, 3.8) is 0 Å². The van der Waals surface area contributed by atoms with Crippen molar-refractivity contribution in [1.82, 2.24) is 20.0 Å². The summed E-state index contributed by atoms with van der Waals surface area (Å²) in [6, 6.07) is 2.72. The van der Waals surface area contributed by atoms with Crippen molar-refractivity contribution in [1.29, 1.82) is 0 Å². The van der Waals surface area contributed by atoms with E-state index in [0.717, 1.165) is 63.8 Å². The lowest BCUT2D eigenvalue weighted by atomic mass is 10.1. The first-order chi connectivity index (χ1) is 13.3. The Morgan fingerprint density at radius 1 is 1.22 bits per heavy atom. The predicted octanol–water partition coefficient (Wildman–Crippen LogP) is 2.59. The molecule has 2 heterocycles. The van der Waals surface area contributed by atoms with E-state index in [4.69, 9.17) is 14.6 Å². The number of aromatic nitrogens is 2. The van der Waals surface area contributed by atoms with Crippen molar-refractivity contribution in [2.24, 2.45) is 4.99 Å². The van der Waals surface area contributed by atoms with Gasteiger partial charge in [-0.25, -0.2) is 0 Å². The highest BCUT2D eigenvalue weighted by Gasteiger charge is 2.22. The summed E-state index contributed by atoms with van der Waals surface area (Å²) in [6.45, 7) is 4.23. The van der Waals surface area contributed by atoms with Gasteiger partial charge in [0.25, 0.3) is 0 Å². The molecule has 1 N–H and O–H groups in total. The monoisotopic (exact) mass is 377 g/mol. The zero-order valence-corrected chi connectivity index (χ0v) is 16.9. The highest BCUT2D eigenvalue weighted by Crippen LogP contribution is 2.28. The Hall–Kier alpha value is -1.60. The molecule has 2 aliphatic rings. The molecule has 152 valence electrons. The lowest BCUT2D eigenvalue weighted by molar-refractivity contribution is 0.00989. The van der Waals surface area contributed by atoms with Crippen LogP contribution in [0.25, 0.3) is 0 Å². The molecule has 0 radical (unpaired) electrons. The number of hydrogen-bond acceptors (Lipinski definition) is 4. The van der Waals surface area contributed by atoms with E-state index in [0.29, 0.717) is 12.1 Å². The number of aliphatic imine (C=N–C) groups is 1. The second-order valence-corrected chi connectivity index (χ2v) is 7.53. The summed E-state index contributed by atoms with van der Waals surface area (Å²) >= 11 is 0. The second kappa shape index (κ2) is 10.7. The minimum absolute atomic E-state index is 0.360. The van der Waals surface area contributed by atoms with Crippen LogP contribution >= 0.6 is 0 Å². The SMILES string of the molecule is CN=C(NCc1ccn(C2CCCC2)n1)N1CCC(OCCCOC)CC1. The third-order valence-electron chi connectivity index (χ3n) is 5.59. The van der Waals surface area contributed by atoms with Crippen molar-refractivity contribution in [3.05, 3.63) is 18.0 Å². The van der Waals surface area contributed by atoms with Gasteiger partial charge in [-0.05, 0) is 38.2 Å². The maximum absolute atomic E-state index is 5.95. The number of rotatable bonds is 8. The Bertz CT molecular complexity index is 575. The van der Waals surface area contributed by atoms with E-state index in [9.17, 15) is 0 Å². The number of guanidine groups is 1. The molecule has 0 amide bonds. The molecule has 0 atom stereocenters. The predicted molar refractivity (Wildman–Crippen MR) is 107 cm³/mol. The Morgan fingerprint density at radius 2 is 2.00 bits per heavy atom. The number of nitrogens with one attached hydrogen (secondary N) is 1. The molecule has 1 saturated carbocycles. The number of methoxy groups -OCH3 is 1. The van der Waals surface area contributed by atoms with Gasteiger partial charge in [-0.2, -0.15) is 5.10 Å². The first kappa shape index (κ1) is 20.1. The summed E-state index contributed by atoms with van der Waals surface area (Å²) in [4.78, 5) is 6.78. The maximum atomic E-state index is 5.95. The average Bonchev–Trinajstić information content (AvgIpc) is 3.38. The third kappa shape index (κ3) is 5.94. The summed E-state index contributed by atoms with van der Waals surface area (Å²) in [5.74, 6) is 0.961. The zero-order valence-electron chi connectivity index (χ0n) is 16.9. The van der Waals surface area contributed by atoms with Gasteiger partial charge in [0.2, 0.25) is 0 Å².